The van der Waals surface area contributed by atoms with Gasteiger partial charge >= 0.3 is 6.61 Å². The summed E-state index contributed by atoms with van der Waals surface area (Å²) in [7, 11) is 0. The lowest BCUT2D eigenvalue weighted by atomic mass is 10.1. The monoisotopic (exact) mass is 319 g/mol. The molecular formula is C12H12BrF2NO2. The van der Waals surface area contributed by atoms with Crippen molar-refractivity contribution in [3.05, 3.63) is 22.7 Å². The Morgan fingerprint density at radius 3 is 2.67 bits per heavy atom. The van der Waals surface area contributed by atoms with E-state index in [0.29, 0.717) is 10.2 Å². The summed E-state index contributed by atoms with van der Waals surface area (Å²) in [4.78, 5) is 11.8. The predicted molar refractivity (Wildman–Crippen MR) is 66.7 cm³/mol. The minimum atomic E-state index is -2.87. The van der Waals surface area contributed by atoms with E-state index in [1.807, 2.05) is 6.92 Å². The van der Waals surface area contributed by atoms with Crippen molar-refractivity contribution in [2.45, 2.75) is 26.4 Å². The van der Waals surface area contributed by atoms with Crippen LogP contribution in [0.3, 0.4) is 0 Å². The van der Waals surface area contributed by atoms with Crippen molar-refractivity contribution in [1.29, 1.82) is 0 Å². The molecule has 0 aromatic heterocycles. The lowest BCUT2D eigenvalue weighted by Crippen LogP contribution is -2.21. The van der Waals surface area contributed by atoms with Gasteiger partial charge < -0.3 is 10.1 Å². The smallest absolute Gasteiger partial charge is 0.387 e. The van der Waals surface area contributed by atoms with Crippen molar-refractivity contribution in [3.8, 4) is 5.75 Å². The van der Waals surface area contributed by atoms with Crippen molar-refractivity contribution in [3.63, 3.8) is 0 Å². The molecule has 0 aliphatic heterocycles. The maximum atomic E-state index is 12.1. The van der Waals surface area contributed by atoms with Gasteiger partial charge in [0.1, 0.15) is 5.75 Å². The van der Waals surface area contributed by atoms with Gasteiger partial charge in [-0.25, -0.2) is 0 Å². The van der Waals surface area contributed by atoms with Crippen LogP contribution in [0, 0.1) is 5.41 Å². The number of hydrogen-bond acceptors (Lipinski definition) is 2. The molecule has 6 heteroatoms. The summed E-state index contributed by atoms with van der Waals surface area (Å²) in [6.07, 6.45) is 1.76. The molecule has 1 N–H and O–H groups in total. The molecule has 3 nitrogen and oxygen atoms in total. The largest absolute Gasteiger partial charge is 0.434 e. The molecule has 98 valence electrons. The first-order valence-electron chi connectivity index (χ1n) is 5.46. The Balaban J connectivity index is 2.06. The van der Waals surface area contributed by atoms with Gasteiger partial charge in [-0.3, -0.25) is 4.79 Å². The first-order chi connectivity index (χ1) is 8.40. The Labute approximate surface area is 112 Å². The van der Waals surface area contributed by atoms with E-state index in [1.165, 1.54) is 12.1 Å². The maximum absolute atomic E-state index is 12.1. The van der Waals surface area contributed by atoms with Gasteiger partial charge in [0, 0.05) is 11.1 Å². The van der Waals surface area contributed by atoms with Crippen molar-refractivity contribution in [1.82, 2.24) is 0 Å². The molecule has 1 aliphatic carbocycles. The number of halogens is 3. The van der Waals surface area contributed by atoms with Gasteiger partial charge in [0.2, 0.25) is 5.91 Å². The molecule has 1 aliphatic rings. The Hall–Kier alpha value is -1.17. The Kier molecular flexibility index (Phi) is 3.56. The average molecular weight is 320 g/mol. The molecule has 1 saturated carbocycles. The van der Waals surface area contributed by atoms with Gasteiger partial charge in [-0.05, 0) is 47.0 Å². The van der Waals surface area contributed by atoms with E-state index in [4.69, 9.17) is 0 Å². The Morgan fingerprint density at radius 1 is 1.50 bits per heavy atom. The third-order valence-corrected chi connectivity index (χ3v) is 3.57. The molecule has 0 saturated heterocycles. The Morgan fingerprint density at radius 2 is 2.17 bits per heavy atom. The normalized spacial score (nSPS) is 16.5. The van der Waals surface area contributed by atoms with E-state index in [9.17, 15) is 13.6 Å². The van der Waals surface area contributed by atoms with E-state index in [0.717, 1.165) is 12.8 Å². The van der Waals surface area contributed by atoms with E-state index >= 15 is 0 Å². The second-order valence-corrected chi connectivity index (χ2v) is 5.39. The maximum Gasteiger partial charge on any atom is 0.387 e. The van der Waals surface area contributed by atoms with Crippen molar-refractivity contribution >= 4 is 27.5 Å². The number of benzene rings is 1. The number of alkyl halides is 2. The van der Waals surface area contributed by atoms with Gasteiger partial charge in [0.25, 0.3) is 0 Å². The summed E-state index contributed by atoms with van der Waals surface area (Å²) < 4.78 is 28.8. The molecule has 0 heterocycles. The molecule has 0 atom stereocenters. The topological polar surface area (TPSA) is 38.3 Å². The molecule has 1 fully saturated rings. The molecule has 2 rings (SSSR count). The minimum absolute atomic E-state index is 0.0423. The first-order valence-corrected chi connectivity index (χ1v) is 6.26. The molecule has 0 unspecified atom stereocenters. The van der Waals surface area contributed by atoms with E-state index < -0.39 is 6.61 Å². The van der Waals surface area contributed by atoms with E-state index in [2.05, 4.69) is 26.0 Å². The van der Waals surface area contributed by atoms with Crippen molar-refractivity contribution in [2.24, 2.45) is 5.41 Å². The van der Waals surface area contributed by atoms with Crippen LogP contribution in [-0.2, 0) is 4.79 Å². The highest BCUT2D eigenvalue weighted by Gasteiger charge is 2.44. The average Bonchev–Trinajstić information content (AvgIpc) is 3.01. The van der Waals surface area contributed by atoms with Crippen LogP contribution in [0.5, 0.6) is 5.75 Å². The number of rotatable bonds is 4. The SMILES string of the molecule is CC1(C(=O)Nc2ccc(OC(F)F)c(Br)c2)CC1. The third-order valence-electron chi connectivity index (χ3n) is 2.95. The van der Waals surface area contributed by atoms with Crippen LogP contribution in [0.2, 0.25) is 0 Å². The molecule has 0 radical (unpaired) electrons. The second-order valence-electron chi connectivity index (χ2n) is 4.54. The number of carbonyl (C=O) groups is 1. The van der Waals surface area contributed by atoms with Crippen LogP contribution in [-0.4, -0.2) is 12.5 Å². The summed E-state index contributed by atoms with van der Waals surface area (Å²) in [5.41, 5.74) is 0.284. The lowest BCUT2D eigenvalue weighted by Gasteiger charge is -2.12. The van der Waals surface area contributed by atoms with E-state index in [1.54, 1.807) is 6.07 Å². The molecule has 1 aromatic rings. The summed E-state index contributed by atoms with van der Waals surface area (Å²) in [6.45, 7) is -0.974. The summed E-state index contributed by atoms with van der Waals surface area (Å²) in [6, 6.07) is 4.47. The summed E-state index contributed by atoms with van der Waals surface area (Å²) in [5, 5.41) is 2.75. The van der Waals surface area contributed by atoms with Crippen LogP contribution >= 0.6 is 15.9 Å². The number of carbonyl (C=O) groups excluding carboxylic acids is 1. The molecule has 18 heavy (non-hydrogen) atoms. The van der Waals surface area contributed by atoms with Crippen molar-refractivity contribution < 1.29 is 18.3 Å². The van der Waals surface area contributed by atoms with Gasteiger partial charge in [0.15, 0.2) is 0 Å². The van der Waals surface area contributed by atoms with Crippen LogP contribution in [0.4, 0.5) is 14.5 Å². The quantitative estimate of drug-likeness (QED) is 0.917. The standard InChI is InChI=1S/C12H12BrF2NO2/c1-12(4-5-12)10(17)16-7-2-3-9(8(13)6-7)18-11(14)15/h2-3,6,11H,4-5H2,1H3,(H,16,17). The van der Waals surface area contributed by atoms with Gasteiger partial charge in [-0.15, -0.1) is 0 Å². The highest BCUT2D eigenvalue weighted by Crippen LogP contribution is 2.45. The highest BCUT2D eigenvalue weighted by molar-refractivity contribution is 9.10. The molecular weight excluding hydrogens is 308 g/mol. The van der Waals surface area contributed by atoms with Crippen molar-refractivity contribution in [2.75, 3.05) is 5.32 Å². The fraction of sp³-hybridized carbons (Fsp3) is 0.417. The van der Waals surface area contributed by atoms with Crippen LogP contribution in [0.1, 0.15) is 19.8 Å². The zero-order valence-corrected chi connectivity index (χ0v) is 11.3. The highest BCUT2D eigenvalue weighted by atomic mass is 79.9. The van der Waals surface area contributed by atoms with Gasteiger partial charge in [-0.2, -0.15) is 8.78 Å². The number of hydrogen-bond donors (Lipinski definition) is 1. The lowest BCUT2D eigenvalue weighted by molar-refractivity contribution is -0.120. The molecule has 0 bridgehead atoms. The fourth-order valence-electron chi connectivity index (χ4n) is 1.47. The Bertz CT molecular complexity index is 475. The zero-order chi connectivity index (χ0) is 13.3. The second kappa shape index (κ2) is 4.84. The summed E-state index contributed by atoms with van der Waals surface area (Å²) in [5.74, 6) is -0.00226. The molecule has 0 spiro atoms. The number of nitrogens with one attached hydrogen (secondary N) is 1. The molecule has 1 aromatic carbocycles. The first kappa shape index (κ1) is 13.3. The third kappa shape index (κ3) is 2.98. The van der Waals surface area contributed by atoms with E-state index in [-0.39, 0.29) is 17.1 Å². The minimum Gasteiger partial charge on any atom is -0.434 e. The zero-order valence-electron chi connectivity index (χ0n) is 9.67. The van der Waals surface area contributed by atoms with Gasteiger partial charge in [-0.1, -0.05) is 6.92 Å². The fourth-order valence-corrected chi connectivity index (χ4v) is 1.94. The summed E-state index contributed by atoms with van der Waals surface area (Å²) >= 11 is 3.12. The molecule has 1 amide bonds. The van der Waals surface area contributed by atoms with Crippen LogP contribution in [0.15, 0.2) is 22.7 Å². The number of amides is 1. The van der Waals surface area contributed by atoms with Crippen LogP contribution in [0.25, 0.3) is 0 Å². The predicted octanol–water partition coefficient (Wildman–Crippen LogP) is 3.79. The van der Waals surface area contributed by atoms with Crippen LogP contribution < -0.4 is 10.1 Å². The number of anilines is 1. The number of ether oxygens (including phenoxy) is 1. The van der Waals surface area contributed by atoms with Gasteiger partial charge in [0.05, 0.1) is 4.47 Å².